The van der Waals surface area contributed by atoms with Crippen LogP contribution in [0.3, 0.4) is 0 Å². The van der Waals surface area contributed by atoms with Crippen LogP contribution in [-0.4, -0.2) is 50.0 Å². The van der Waals surface area contributed by atoms with Gasteiger partial charge in [0.15, 0.2) is 5.82 Å². The highest BCUT2D eigenvalue weighted by molar-refractivity contribution is 5.94. The maximum atomic E-state index is 12.4. The quantitative estimate of drug-likeness (QED) is 0.472. The second kappa shape index (κ2) is 8.95. The number of carbonyl (C=O) groups is 2. The van der Waals surface area contributed by atoms with Crippen molar-refractivity contribution in [3.63, 3.8) is 0 Å². The number of nitro benzene ring substituents is 1. The van der Waals surface area contributed by atoms with E-state index in [2.05, 4.69) is 15.4 Å². The Hall–Kier alpha value is -4.08. The van der Waals surface area contributed by atoms with Crippen LogP contribution in [0.2, 0.25) is 0 Å². The fraction of sp³-hybridized carbons (Fsp3) is 0.200. The van der Waals surface area contributed by atoms with Crippen LogP contribution in [0.1, 0.15) is 5.56 Å². The third-order valence-electron chi connectivity index (χ3n) is 4.29. The van der Waals surface area contributed by atoms with Gasteiger partial charge in [-0.1, -0.05) is 29.8 Å². The Kier molecular flexibility index (Phi) is 6.16. The molecular weight excluding hydrogens is 388 g/mol. The van der Waals surface area contributed by atoms with Crippen molar-refractivity contribution in [3.05, 3.63) is 70.5 Å². The minimum absolute atomic E-state index is 0.0701. The number of benzene rings is 2. The minimum atomic E-state index is -0.499. The molecule has 2 amide bonds. The van der Waals surface area contributed by atoms with Crippen molar-refractivity contribution >= 4 is 23.2 Å². The number of nitrogens with one attached hydrogen (secondary N) is 1. The summed E-state index contributed by atoms with van der Waals surface area (Å²) >= 11 is 0. The topological polar surface area (TPSA) is 123 Å². The predicted molar refractivity (Wildman–Crippen MR) is 110 cm³/mol. The number of nitro groups is 1. The van der Waals surface area contributed by atoms with Gasteiger partial charge >= 0.3 is 0 Å². The van der Waals surface area contributed by atoms with Gasteiger partial charge in [0.05, 0.1) is 11.5 Å². The van der Waals surface area contributed by atoms with E-state index >= 15 is 0 Å². The number of rotatable bonds is 7. The van der Waals surface area contributed by atoms with Crippen molar-refractivity contribution in [1.29, 1.82) is 0 Å². The highest BCUT2D eigenvalue weighted by Gasteiger charge is 2.16. The van der Waals surface area contributed by atoms with Crippen LogP contribution < -0.4 is 5.32 Å². The van der Waals surface area contributed by atoms with Gasteiger partial charge in [0, 0.05) is 30.4 Å². The smallest absolute Gasteiger partial charge is 0.270 e. The standard InChI is InChI=1S/C20H20N6O4/c1-14-6-8-16(9-7-14)22-18(27)11-24(2)19(28)12-25-13-21-20(23-25)15-4-3-5-17(10-15)26(29)30/h3-10,13H,11-12H2,1-2H3,(H,22,27). The Morgan fingerprint density at radius 1 is 1.20 bits per heavy atom. The van der Waals surface area contributed by atoms with Crippen LogP contribution in [0.5, 0.6) is 0 Å². The normalized spacial score (nSPS) is 10.5. The molecule has 0 saturated heterocycles. The van der Waals surface area contributed by atoms with Gasteiger partial charge in [-0.3, -0.25) is 19.7 Å². The molecule has 0 fully saturated rings. The third-order valence-corrected chi connectivity index (χ3v) is 4.29. The SMILES string of the molecule is Cc1ccc(NC(=O)CN(C)C(=O)Cn2cnc(-c3cccc([N+](=O)[O-])c3)n2)cc1. The van der Waals surface area contributed by atoms with Gasteiger partial charge in [0.25, 0.3) is 5.69 Å². The van der Waals surface area contributed by atoms with Crippen molar-refractivity contribution in [2.24, 2.45) is 0 Å². The van der Waals surface area contributed by atoms with E-state index in [4.69, 9.17) is 0 Å². The molecule has 0 unspecified atom stereocenters. The zero-order valence-corrected chi connectivity index (χ0v) is 16.5. The Morgan fingerprint density at radius 2 is 1.93 bits per heavy atom. The highest BCUT2D eigenvalue weighted by atomic mass is 16.6. The van der Waals surface area contributed by atoms with E-state index < -0.39 is 4.92 Å². The molecule has 0 aliphatic carbocycles. The van der Waals surface area contributed by atoms with E-state index in [-0.39, 0.29) is 36.4 Å². The van der Waals surface area contributed by atoms with E-state index in [1.807, 2.05) is 19.1 Å². The number of aryl methyl sites for hydroxylation is 1. The van der Waals surface area contributed by atoms with E-state index in [1.165, 1.54) is 35.1 Å². The van der Waals surface area contributed by atoms with Crippen molar-refractivity contribution in [2.75, 3.05) is 18.9 Å². The molecule has 0 spiro atoms. The molecule has 10 nitrogen and oxygen atoms in total. The number of non-ortho nitro benzene ring substituents is 1. The monoisotopic (exact) mass is 408 g/mol. The first-order valence-corrected chi connectivity index (χ1v) is 9.06. The van der Waals surface area contributed by atoms with E-state index in [1.54, 1.807) is 24.3 Å². The lowest BCUT2D eigenvalue weighted by Crippen LogP contribution is -2.37. The number of hydrogen-bond acceptors (Lipinski definition) is 6. The largest absolute Gasteiger partial charge is 0.335 e. The number of carbonyl (C=O) groups excluding carboxylic acids is 2. The Bertz CT molecular complexity index is 1080. The molecule has 0 atom stereocenters. The maximum Gasteiger partial charge on any atom is 0.270 e. The Balaban J connectivity index is 1.58. The van der Waals surface area contributed by atoms with Crippen LogP contribution in [0, 0.1) is 17.0 Å². The molecule has 30 heavy (non-hydrogen) atoms. The Labute approximate surface area is 172 Å². The van der Waals surface area contributed by atoms with Gasteiger partial charge in [-0.2, -0.15) is 5.10 Å². The minimum Gasteiger partial charge on any atom is -0.335 e. The summed E-state index contributed by atoms with van der Waals surface area (Å²) in [5, 5.41) is 17.8. The molecule has 3 aromatic rings. The first-order valence-electron chi connectivity index (χ1n) is 9.06. The molecule has 1 N–H and O–H groups in total. The van der Waals surface area contributed by atoms with Crippen molar-refractivity contribution in [2.45, 2.75) is 13.5 Å². The summed E-state index contributed by atoms with van der Waals surface area (Å²) in [6.07, 6.45) is 1.37. The van der Waals surface area contributed by atoms with E-state index in [0.717, 1.165) is 5.56 Å². The molecule has 1 aromatic heterocycles. The number of anilines is 1. The molecule has 0 saturated carbocycles. The molecule has 2 aromatic carbocycles. The summed E-state index contributed by atoms with van der Waals surface area (Å²) in [6.45, 7) is 1.72. The van der Waals surface area contributed by atoms with Crippen LogP contribution in [0.4, 0.5) is 11.4 Å². The summed E-state index contributed by atoms with van der Waals surface area (Å²) in [5.74, 6) is -0.374. The summed E-state index contributed by atoms with van der Waals surface area (Å²) in [5.41, 5.74) is 2.14. The molecule has 10 heteroatoms. The Morgan fingerprint density at radius 3 is 2.63 bits per heavy atom. The van der Waals surface area contributed by atoms with Crippen molar-refractivity contribution in [3.8, 4) is 11.4 Å². The van der Waals surface area contributed by atoms with Gasteiger partial charge in [0.1, 0.15) is 12.9 Å². The van der Waals surface area contributed by atoms with E-state index in [0.29, 0.717) is 11.3 Å². The number of amides is 2. The molecule has 1 heterocycles. The van der Waals surface area contributed by atoms with Gasteiger partial charge in [0.2, 0.25) is 11.8 Å². The van der Waals surface area contributed by atoms with Crippen LogP contribution in [0.25, 0.3) is 11.4 Å². The molecule has 0 radical (unpaired) electrons. The summed E-state index contributed by atoms with van der Waals surface area (Å²) in [4.78, 5) is 40.3. The average molecular weight is 408 g/mol. The first-order chi connectivity index (χ1) is 14.3. The maximum absolute atomic E-state index is 12.4. The van der Waals surface area contributed by atoms with Gasteiger partial charge < -0.3 is 10.2 Å². The molecule has 0 aliphatic rings. The predicted octanol–water partition coefficient (Wildman–Crippen LogP) is 2.26. The molecule has 154 valence electrons. The lowest BCUT2D eigenvalue weighted by molar-refractivity contribution is -0.384. The molecule has 0 aliphatic heterocycles. The lowest BCUT2D eigenvalue weighted by atomic mass is 10.2. The zero-order valence-electron chi connectivity index (χ0n) is 16.5. The van der Waals surface area contributed by atoms with E-state index in [9.17, 15) is 19.7 Å². The first kappa shape index (κ1) is 20.6. The number of nitrogens with zero attached hydrogens (tertiary/aromatic N) is 5. The van der Waals surface area contributed by atoms with Crippen LogP contribution >= 0.6 is 0 Å². The molecule has 3 rings (SSSR count). The second-order valence-corrected chi connectivity index (χ2v) is 6.74. The van der Waals surface area contributed by atoms with Crippen molar-refractivity contribution < 1.29 is 14.5 Å². The number of likely N-dealkylation sites (N-methyl/N-ethyl adjacent to an activating group) is 1. The average Bonchev–Trinajstić information content (AvgIpc) is 3.18. The van der Waals surface area contributed by atoms with Gasteiger partial charge in [-0.05, 0) is 19.1 Å². The van der Waals surface area contributed by atoms with Gasteiger partial charge in [-0.25, -0.2) is 9.67 Å². The summed E-state index contributed by atoms with van der Waals surface area (Å²) in [7, 11) is 1.52. The summed E-state index contributed by atoms with van der Waals surface area (Å²) in [6, 6.07) is 13.3. The molecular formula is C20H20N6O4. The number of hydrogen-bond donors (Lipinski definition) is 1. The van der Waals surface area contributed by atoms with Crippen molar-refractivity contribution in [1.82, 2.24) is 19.7 Å². The van der Waals surface area contributed by atoms with Gasteiger partial charge in [-0.15, -0.1) is 0 Å². The highest BCUT2D eigenvalue weighted by Crippen LogP contribution is 2.20. The second-order valence-electron chi connectivity index (χ2n) is 6.74. The third kappa shape index (κ3) is 5.25. The summed E-state index contributed by atoms with van der Waals surface area (Å²) < 4.78 is 1.32. The van der Waals surface area contributed by atoms with Crippen LogP contribution in [0.15, 0.2) is 54.9 Å². The van der Waals surface area contributed by atoms with Crippen LogP contribution in [-0.2, 0) is 16.1 Å². The molecule has 0 bridgehead atoms. The fourth-order valence-electron chi connectivity index (χ4n) is 2.66. The zero-order chi connectivity index (χ0) is 21.7. The lowest BCUT2D eigenvalue weighted by Gasteiger charge is -2.16. The number of aromatic nitrogens is 3. The fourth-order valence-corrected chi connectivity index (χ4v) is 2.66.